The van der Waals surface area contributed by atoms with Crippen molar-refractivity contribution in [2.45, 2.75) is 6.61 Å². The Morgan fingerprint density at radius 1 is 1.04 bits per heavy atom. The highest BCUT2D eigenvalue weighted by molar-refractivity contribution is 9.10. The summed E-state index contributed by atoms with van der Waals surface area (Å²) < 4.78 is 16.7. The van der Waals surface area contributed by atoms with Crippen molar-refractivity contribution in [1.29, 1.82) is 0 Å². The third-order valence-electron chi connectivity index (χ3n) is 3.19. The lowest BCUT2D eigenvalue weighted by Crippen LogP contribution is -1.95. The number of benzene rings is 2. The first-order valence-corrected chi connectivity index (χ1v) is 8.15. The maximum Gasteiger partial charge on any atom is 0.179 e. The zero-order valence-corrected chi connectivity index (χ0v) is 15.8. The highest BCUT2D eigenvalue weighted by Crippen LogP contribution is 2.35. The molecule has 0 amide bonds. The van der Waals surface area contributed by atoms with E-state index in [1.54, 1.807) is 32.6 Å². The van der Waals surface area contributed by atoms with Crippen molar-refractivity contribution in [3.63, 3.8) is 0 Å². The second-order valence-corrected chi connectivity index (χ2v) is 6.03. The van der Waals surface area contributed by atoms with Crippen LogP contribution in [-0.2, 0) is 11.4 Å². The van der Waals surface area contributed by atoms with Gasteiger partial charge in [0.2, 0.25) is 0 Å². The van der Waals surface area contributed by atoms with Crippen LogP contribution in [0.1, 0.15) is 11.1 Å². The van der Waals surface area contributed by atoms with E-state index in [1.165, 1.54) is 7.11 Å². The van der Waals surface area contributed by atoms with Gasteiger partial charge in [0.1, 0.15) is 12.4 Å². The molecule has 7 heteroatoms. The molecule has 2 aromatic carbocycles. The highest BCUT2D eigenvalue weighted by Gasteiger charge is 2.10. The minimum atomic E-state index is 0.278. The number of methoxy groups -OCH3 is 3. The largest absolute Gasteiger partial charge is 0.496 e. The number of nitrogens with zero attached hydrogens (tertiary/aromatic N) is 1. The molecule has 0 atom stereocenters. The van der Waals surface area contributed by atoms with Crippen LogP contribution in [0.3, 0.4) is 0 Å². The highest BCUT2D eigenvalue weighted by atomic mass is 79.9. The lowest BCUT2D eigenvalue weighted by molar-refractivity contribution is 0.130. The van der Waals surface area contributed by atoms with E-state index in [0.717, 1.165) is 21.3 Å². The lowest BCUT2D eigenvalue weighted by atomic mass is 10.2. The van der Waals surface area contributed by atoms with E-state index in [0.29, 0.717) is 16.5 Å². The number of ether oxygens (including phenoxy) is 3. The summed E-state index contributed by atoms with van der Waals surface area (Å²) in [4.78, 5) is 5.34. The van der Waals surface area contributed by atoms with Crippen LogP contribution in [0.15, 0.2) is 40.0 Å². The molecule has 0 aliphatic rings. The summed E-state index contributed by atoms with van der Waals surface area (Å²) in [5, 5.41) is 4.40. The smallest absolute Gasteiger partial charge is 0.179 e. The topological polar surface area (TPSA) is 49.3 Å². The van der Waals surface area contributed by atoms with Crippen molar-refractivity contribution in [3.8, 4) is 17.2 Å². The fourth-order valence-corrected chi connectivity index (χ4v) is 2.78. The number of halogens is 2. The van der Waals surface area contributed by atoms with Gasteiger partial charge in [-0.1, -0.05) is 32.7 Å². The number of rotatable bonds is 7. The van der Waals surface area contributed by atoms with Crippen molar-refractivity contribution in [1.82, 2.24) is 0 Å². The van der Waals surface area contributed by atoms with Crippen molar-refractivity contribution >= 4 is 33.7 Å². The standard InChI is InChI=1S/C17H17BrClNO4/c1-21-15-5-4-13(18)8-12(15)10-24-20-9-11-6-14(19)17(23-3)16(7-11)22-2/h4-9H,10H2,1-3H3/b20-9+. The van der Waals surface area contributed by atoms with Gasteiger partial charge in [-0.25, -0.2) is 0 Å². The Kier molecular flexibility index (Phi) is 6.75. The second kappa shape index (κ2) is 8.80. The average molecular weight is 415 g/mol. The normalized spacial score (nSPS) is 10.7. The number of oxime groups is 1. The van der Waals surface area contributed by atoms with Gasteiger partial charge in [0.05, 0.1) is 32.6 Å². The zero-order chi connectivity index (χ0) is 17.5. The molecular weight excluding hydrogens is 398 g/mol. The van der Waals surface area contributed by atoms with Gasteiger partial charge in [-0.15, -0.1) is 0 Å². The second-order valence-electron chi connectivity index (χ2n) is 4.70. The maximum atomic E-state index is 6.15. The summed E-state index contributed by atoms with van der Waals surface area (Å²) in [6.45, 7) is 0.278. The first kappa shape index (κ1) is 18.4. The quantitative estimate of drug-likeness (QED) is 0.487. The van der Waals surface area contributed by atoms with Crippen LogP contribution in [-0.4, -0.2) is 27.5 Å². The van der Waals surface area contributed by atoms with Crippen molar-refractivity contribution in [2.24, 2.45) is 5.16 Å². The van der Waals surface area contributed by atoms with Crippen LogP contribution in [0.2, 0.25) is 5.02 Å². The minimum absolute atomic E-state index is 0.278. The number of hydrogen-bond donors (Lipinski definition) is 0. The molecule has 0 saturated carbocycles. The minimum Gasteiger partial charge on any atom is -0.496 e. The fourth-order valence-electron chi connectivity index (χ4n) is 2.08. The molecule has 24 heavy (non-hydrogen) atoms. The van der Waals surface area contributed by atoms with Gasteiger partial charge < -0.3 is 19.0 Å². The monoisotopic (exact) mass is 413 g/mol. The summed E-state index contributed by atoms with van der Waals surface area (Å²) in [5.74, 6) is 1.75. The van der Waals surface area contributed by atoms with Crippen molar-refractivity contribution in [2.75, 3.05) is 21.3 Å². The SMILES string of the molecule is COc1ccc(Br)cc1CO/N=C/c1cc(Cl)c(OC)c(OC)c1. The Hall–Kier alpha value is -1.92. The molecule has 128 valence electrons. The molecule has 0 saturated heterocycles. The first-order chi connectivity index (χ1) is 11.6. The van der Waals surface area contributed by atoms with Gasteiger partial charge in [-0.2, -0.15) is 0 Å². The van der Waals surface area contributed by atoms with Gasteiger partial charge in [0, 0.05) is 15.6 Å². The predicted molar refractivity (Wildman–Crippen MR) is 97.6 cm³/mol. The molecule has 0 N–H and O–H groups in total. The Balaban J connectivity index is 2.07. The molecule has 0 unspecified atom stereocenters. The third kappa shape index (κ3) is 4.55. The van der Waals surface area contributed by atoms with Crippen LogP contribution in [0.25, 0.3) is 0 Å². The summed E-state index contributed by atoms with van der Waals surface area (Å²) in [6, 6.07) is 9.16. The van der Waals surface area contributed by atoms with E-state index in [1.807, 2.05) is 18.2 Å². The molecule has 0 spiro atoms. The van der Waals surface area contributed by atoms with Gasteiger partial charge in [-0.05, 0) is 30.3 Å². The first-order valence-electron chi connectivity index (χ1n) is 6.98. The van der Waals surface area contributed by atoms with Crippen LogP contribution >= 0.6 is 27.5 Å². The average Bonchev–Trinajstić information content (AvgIpc) is 2.58. The molecule has 2 rings (SSSR count). The molecule has 0 aliphatic carbocycles. The molecule has 0 aromatic heterocycles. The van der Waals surface area contributed by atoms with E-state index >= 15 is 0 Å². The van der Waals surface area contributed by atoms with Gasteiger partial charge in [-0.3, -0.25) is 0 Å². The zero-order valence-electron chi connectivity index (χ0n) is 13.5. The molecule has 5 nitrogen and oxygen atoms in total. The number of hydrogen-bond acceptors (Lipinski definition) is 5. The molecule has 0 fully saturated rings. The van der Waals surface area contributed by atoms with Crippen molar-refractivity contribution in [3.05, 3.63) is 51.0 Å². The van der Waals surface area contributed by atoms with Crippen molar-refractivity contribution < 1.29 is 19.0 Å². The molecule has 0 bridgehead atoms. The van der Waals surface area contributed by atoms with E-state index in [-0.39, 0.29) is 6.61 Å². The van der Waals surface area contributed by atoms with E-state index < -0.39 is 0 Å². The van der Waals surface area contributed by atoms with Gasteiger partial charge in [0.25, 0.3) is 0 Å². The Morgan fingerprint density at radius 2 is 1.79 bits per heavy atom. The molecule has 2 aromatic rings. The van der Waals surface area contributed by atoms with E-state index in [2.05, 4.69) is 21.1 Å². The summed E-state index contributed by atoms with van der Waals surface area (Å²) >= 11 is 9.57. The summed E-state index contributed by atoms with van der Waals surface area (Å²) in [7, 11) is 4.69. The van der Waals surface area contributed by atoms with Crippen LogP contribution in [0, 0.1) is 0 Å². The summed E-state index contributed by atoms with van der Waals surface area (Å²) in [5.41, 5.74) is 1.62. The Bertz CT molecular complexity index is 737. The Morgan fingerprint density at radius 3 is 2.46 bits per heavy atom. The Labute approximate surface area is 154 Å². The van der Waals surface area contributed by atoms with E-state index in [9.17, 15) is 0 Å². The van der Waals surface area contributed by atoms with E-state index in [4.69, 9.17) is 30.6 Å². The third-order valence-corrected chi connectivity index (χ3v) is 3.97. The molecule has 0 radical (unpaired) electrons. The summed E-state index contributed by atoms with van der Waals surface area (Å²) in [6.07, 6.45) is 1.55. The predicted octanol–water partition coefficient (Wildman–Crippen LogP) is 4.68. The van der Waals surface area contributed by atoms with Gasteiger partial charge >= 0.3 is 0 Å². The van der Waals surface area contributed by atoms with Crippen LogP contribution in [0.4, 0.5) is 0 Å². The molecule has 0 heterocycles. The lowest BCUT2D eigenvalue weighted by Gasteiger charge is -2.10. The molecule has 0 aliphatic heterocycles. The van der Waals surface area contributed by atoms with Gasteiger partial charge in [0.15, 0.2) is 11.5 Å². The molecular formula is C17H17BrClNO4. The fraction of sp³-hybridized carbons (Fsp3) is 0.235. The maximum absolute atomic E-state index is 6.15. The van der Waals surface area contributed by atoms with Crippen LogP contribution < -0.4 is 14.2 Å². The van der Waals surface area contributed by atoms with Crippen LogP contribution in [0.5, 0.6) is 17.2 Å².